The molecule has 0 saturated carbocycles. The zero-order valence-corrected chi connectivity index (χ0v) is 11.7. The Morgan fingerprint density at radius 2 is 1.89 bits per heavy atom. The van der Waals surface area contributed by atoms with Gasteiger partial charge in [-0.15, -0.1) is 0 Å². The molecule has 0 radical (unpaired) electrons. The van der Waals surface area contributed by atoms with Crippen LogP contribution in [0.1, 0.15) is 20.3 Å². The smallest absolute Gasteiger partial charge is 0.332 e. The standard InChI is InChI=1S/C12H19N5O2/c1-5-7-17-9-8(10(18)15(4)12(17)19)16(6-2)11(13-3)14-9/h5-7H2,1-4H3,(H,13,14). The van der Waals surface area contributed by atoms with Crippen LogP contribution >= 0.6 is 0 Å². The molecule has 0 saturated heterocycles. The van der Waals surface area contributed by atoms with Crippen LogP contribution in [-0.4, -0.2) is 25.7 Å². The summed E-state index contributed by atoms with van der Waals surface area (Å²) in [4.78, 5) is 28.8. The first-order chi connectivity index (χ1) is 9.06. The van der Waals surface area contributed by atoms with Crippen LogP contribution in [0.4, 0.5) is 5.95 Å². The number of imidazole rings is 1. The van der Waals surface area contributed by atoms with E-state index >= 15 is 0 Å². The molecule has 2 aromatic heterocycles. The van der Waals surface area contributed by atoms with Crippen LogP contribution in [0.5, 0.6) is 0 Å². The molecule has 0 aliphatic carbocycles. The van der Waals surface area contributed by atoms with Gasteiger partial charge in [-0.05, 0) is 13.3 Å². The maximum atomic E-state index is 12.3. The maximum Gasteiger partial charge on any atom is 0.332 e. The topological polar surface area (TPSA) is 73.8 Å². The van der Waals surface area contributed by atoms with Gasteiger partial charge in [-0.3, -0.25) is 13.9 Å². The van der Waals surface area contributed by atoms with Gasteiger partial charge in [0, 0.05) is 27.2 Å². The molecular weight excluding hydrogens is 246 g/mol. The van der Waals surface area contributed by atoms with Crippen molar-refractivity contribution in [2.24, 2.45) is 7.05 Å². The van der Waals surface area contributed by atoms with Gasteiger partial charge in [0.2, 0.25) is 5.95 Å². The Bertz CT molecular complexity index is 722. The maximum absolute atomic E-state index is 12.3. The molecule has 19 heavy (non-hydrogen) atoms. The minimum atomic E-state index is -0.317. The molecule has 0 spiro atoms. The Labute approximate surface area is 110 Å². The highest BCUT2D eigenvalue weighted by Crippen LogP contribution is 2.15. The molecule has 2 aromatic rings. The highest BCUT2D eigenvalue weighted by molar-refractivity contribution is 5.74. The number of aryl methyl sites for hydroxylation is 2. The number of rotatable bonds is 4. The summed E-state index contributed by atoms with van der Waals surface area (Å²) in [5, 5.41) is 2.96. The summed E-state index contributed by atoms with van der Waals surface area (Å²) in [7, 11) is 3.25. The van der Waals surface area contributed by atoms with E-state index in [2.05, 4.69) is 10.3 Å². The summed E-state index contributed by atoms with van der Waals surface area (Å²) >= 11 is 0. The number of hydrogen-bond donors (Lipinski definition) is 1. The van der Waals surface area contributed by atoms with Crippen molar-refractivity contribution in [1.82, 2.24) is 18.7 Å². The van der Waals surface area contributed by atoms with Gasteiger partial charge in [0.25, 0.3) is 5.56 Å². The Kier molecular flexibility index (Phi) is 3.46. The lowest BCUT2D eigenvalue weighted by Crippen LogP contribution is -2.38. The van der Waals surface area contributed by atoms with E-state index in [-0.39, 0.29) is 11.2 Å². The summed E-state index contributed by atoms with van der Waals surface area (Å²) < 4.78 is 4.50. The average Bonchev–Trinajstić information content (AvgIpc) is 2.79. The first-order valence-electron chi connectivity index (χ1n) is 6.44. The predicted molar refractivity (Wildman–Crippen MR) is 74.7 cm³/mol. The Morgan fingerprint density at radius 1 is 1.21 bits per heavy atom. The van der Waals surface area contributed by atoms with Gasteiger partial charge in [-0.25, -0.2) is 4.79 Å². The first-order valence-corrected chi connectivity index (χ1v) is 6.44. The van der Waals surface area contributed by atoms with Crippen molar-refractivity contribution in [3.8, 4) is 0 Å². The molecule has 0 aliphatic rings. The van der Waals surface area contributed by atoms with Gasteiger partial charge < -0.3 is 9.88 Å². The third-order valence-corrected chi connectivity index (χ3v) is 3.22. The zero-order chi connectivity index (χ0) is 14.2. The molecule has 0 atom stereocenters. The molecule has 0 aliphatic heterocycles. The van der Waals surface area contributed by atoms with Crippen molar-refractivity contribution >= 4 is 17.1 Å². The van der Waals surface area contributed by atoms with Crippen molar-refractivity contribution in [2.75, 3.05) is 12.4 Å². The van der Waals surface area contributed by atoms with E-state index in [0.29, 0.717) is 30.2 Å². The summed E-state index contributed by atoms with van der Waals surface area (Å²) in [5.41, 5.74) is 0.314. The van der Waals surface area contributed by atoms with Crippen molar-refractivity contribution in [1.29, 1.82) is 0 Å². The molecule has 0 aromatic carbocycles. The molecule has 2 rings (SSSR count). The highest BCUT2D eigenvalue weighted by atomic mass is 16.2. The van der Waals surface area contributed by atoms with Crippen molar-refractivity contribution in [3.63, 3.8) is 0 Å². The van der Waals surface area contributed by atoms with E-state index in [0.717, 1.165) is 11.0 Å². The fourth-order valence-electron chi connectivity index (χ4n) is 2.28. The highest BCUT2D eigenvalue weighted by Gasteiger charge is 2.18. The van der Waals surface area contributed by atoms with Crippen molar-refractivity contribution in [2.45, 2.75) is 33.4 Å². The fraction of sp³-hybridized carbons (Fsp3) is 0.583. The predicted octanol–water partition coefficient (Wildman–Crippen LogP) is 0.368. The van der Waals surface area contributed by atoms with Crippen LogP contribution in [0.2, 0.25) is 0 Å². The van der Waals surface area contributed by atoms with E-state index in [9.17, 15) is 9.59 Å². The number of anilines is 1. The number of aromatic nitrogens is 4. The third kappa shape index (κ3) is 1.85. The number of fused-ring (bicyclic) bond motifs is 1. The van der Waals surface area contributed by atoms with Crippen LogP contribution in [0, 0.1) is 0 Å². The van der Waals surface area contributed by atoms with E-state index in [1.165, 1.54) is 7.05 Å². The van der Waals surface area contributed by atoms with Crippen LogP contribution in [-0.2, 0) is 20.1 Å². The normalized spacial score (nSPS) is 11.2. The molecule has 7 nitrogen and oxygen atoms in total. The van der Waals surface area contributed by atoms with Gasteiger partial charge in [0.05, 0.1) is 0 Å². The van der Waals surface area contributed by atoms with Gasteiger partial charge in [0.15, 0.2) is 11.2 Å². The van der Waals surface area contributed by atoms with Gasteiger partial charge in [-0.1, -0.05) is 6.92 Å². The van der Waals surface area contributed by atoms with Crippen LogP contribution in [0.15, 0.2) is 9.59 Å². The molecule has 1 N–H and O–H groups in total. The lowest BCUT2D eigenvalue weighted by atomic mass is 10.4. The second-order valence-corrected chi connectivity index (χ2v) is 4.40. The van der Waals surface area contributed by atoms with E-state index < -0.39 is 0 Å². The molecule has 104 valence electrons. The second-order valence-electron chi connectivity index (χ2n) is 4.40. The molecule has 0 bridgehead atoms. The lowest BCUT2D eigenvalue weighted by Gasteiger charge is -2.08. The van der Waals surface area contributed by atoms with Crippen LogP contribution in [0.3, 0.4) is 0 Å². The summed E-state index contributed by atoms with van der Waals surface area (Å²) in [6.07, 6.45) is 0.807. The number of hydrogen-bond acceptors (Lipinski definition) is 4. The third-order valence-electron chi connectivity index (χ3n) is 3.22. The molecule has 2 heterocycles. The van der Waals surface area contributed by atoms with Gasteiger partial charge >= 0.3 is 5.69 Å². The van der Waals surface area contributed by atoms with E-state index in [1.807, 2.05) is 13.8 Å². The van der Waals surface area contributed by atoms with E-state index in [4.69, 9.17) is 0 Å². The molecule has 0 unspecified atom stereocenters. The average molecular weight is 265 g/mol. The molecule has 0 fully saturated rings. The number of nitrogens with zero attached hydrogens (tertiary/aromatic N) is 4. The van der Waals surface area contributed by atoms with Crippen LogP contribution < -0.4 is 16.6 Å². The minimum Gasteiger partial charge on any atom is -0.359 e. The Balaban J connectivity index is 3.00. The summed E-state index contributed by atoms with van der Waals surface area (Å²) in [6, 6.07) is 0. The minimum absolute atomic E-state index is 0.303. The lowest BCUT2D eigenvalue weighted by molar-refractivity contribution is 0.609. The monoisotopic (exact) mass is 265 g/mol. The molecular formula is C12H19N5O2. The van der Waals surface area contributed by atoms with Gasteiger partial charge in [0.1, 0.15) is 0 Å². The number of nitrogens with one attached hydrogen (secondary N) is 1. The van der Waals surface area contributed by atoms with Crippen molar-refractivity contribution in [3.05, 3.63) is 20.8 Å². The quantitative estimate of drug-likeness (QED) is 0.866. The zero-order valence-electron chi connectivity index (χ0n) is 11.7. The van der Waals surface area contributed by atoms with E-state index in [1.54, 1.807) is 16.2 Å². The Hall–Kier alpha value is -2.05. The SMILES string of the molecule is CCCn1c(=O)n(C)c(=O)c2c1nc(NC)n2CC. The molecule has 0 amide bonds. The molecule has 7 heteroatoms. The first kappa shape index (κ1) is 13.4. The van der Waals surface area contributed by atoms with Crippen molar-refractivity contribution < 1.29 is 0 Å². The van der Waals surface area contributed by atoms with Crippen LogP contribution in [0.25, 0.3) is 11.2 Å². The fourth-order valence-corrected chi connectivity index (χ4v) is 2.28. The summed E-state index contributed by atoms with van der Waals surface area (Å²) in [5.74, 6) is 0.602. The van der Waals surface area contributed by atoms with Gasteiger partial charge in [-0.2, -0.15) is 4.98 Å². The Morgan fingerprint density at radius 3 is 2.42 bits per heavy atom. The summed E-state index contributed by atoms with van der Waals surface area (Å²) in [6.45, 7) is 5.09. The second kappa shape index (κ2) is 4.91. The largest absolute Gasteiger partial charge is 0.359 e.